The summed E-state index contributed by atoms with van der Waals surface area (Å²) >= 11 is 1.21. The van der Waals surface area contributed by atoms with Crippen LogP contribution in [0.4, 0.5) is 5.82 Å². The van der Waals surface area contributed by atoms with Gasteiger partial charge in [-0.3, -0.25) is 9.09 Å². The molecule has 2 rings (SSSR count). The van der Waals surface area contributed by atoms with Gasteiger partial charge in [-0.1, -0.05) is 0 Å². The number of aryl methyl sites for hydroxylation is 1. The summed E-state index contributed by atoms with van der Waals surface area (Å²) in [6.07, 6.45) is 0.975. The zero-order valence-corrected chi connectivity index (χ0v) is 12.8. The fourth-order valence-electron chi connectivity index (χ4n) is 1.99. The molecule has 0 radical (unpaired) electrons. The van der Waals surface area contributed by atoms with Crippen molar-refractivity contribution in [2.75, 3.05) is 12.3 Å². The molecule has 21 heavy (non-hydrogen) atoms. The number of anilines is 1. The van der Waals surface area contributed by atoms with Crippen molar-refractivity contribution >= 4 is 25.4 Å². The molecule has 0 saturated carbocycles. The second-order valence-electron chi connectivity index (χ2n) is 4.72. The molecule has 1 aromatic rings. The maximum atomic E-state index is 11.8. The van der Waals surface area contributed by atoms with Gasteiger partial charge in [0.15, 0.2) is 0 Å². The lowest BCUT2D eigenvalue weighted by Crippen LogP contribution is -2.26. The monoisotopic (exact) mass is 337 g/mol. The number of aliphatic hydroxyl groups excluding tert-OH is 1. The van der Waals surface area contributed by atoms with Crippen molar-refractivity contribution in [2.24, 2.45) is 0 Å². The third-order valence-electron chi connectivity index (χ3n) is 3.10. The Morgan fingerprint density at radius 2 is 2.29 bits per heavy atom. The number of rotatable bonds is 4. The second kappa shape index (κ2) is 6.07. The Morgan fingerprint density at radius 1 is 1.62 bits per heavy atom. The molecule has 0 spiro atoms. The van der Waals surface area contributed by atoms with E-state index in [1.165, 1.54) is 16.3 Å². The summed E-state index contributed by atoms with van der Waals surface area (Å²) in [4.78, 5) is 32.9. The van der Waals surface area contributed by atoms with E-state index in [2.05, 4.69) is 9.51 Å². The van der Waals surface area contributed by atoms with Crippen LogP contribution in [0, 0.1) is 6.92 Å². The number of nitrogens with zero attached hydrogens (tertiary/aromatic N) is 2. The highest BCUT2D eigenvalue weighted by molar-refractivity contribution is 8.00. The minimum Gasteiger partial charge on any atom is -0.392 e. The smallest absolute Gasteiger partial charge is 0.392 e. The van der Waals surface area contributed by atoms with Crippen molar-refractivity contribution in [3.63, 3.8) is 0 Å². The highest BCUT2D eigenvalue weighted by Crippen LogP contribution is 2.44. The van der Waals surface area contributed by atoms with E-state index >= 15 is 0 Å². The number of phosphoric ester groups is 1. The number of nitrogens with two attached hydrogens (primary N) is 1. The highest BCUT2D eigenvalue weighted by atomic mass is 32.2. The number of aromatic nitrogens is 2. The van der Waals surface area contributed by atoms with Crippen LogP contribution in [0.5, 0.6) is 0 Å². The highest BCUT2D eigenvalue weighted by Gasteiger charge is 2.36. The summed E-state index contributed by atoms with van der Waals surface area (Å²) in [5.74, 6) is 0.154. The fourth-order valence-corrected chi connectivity index (χ4v) is 3.88. The Balaban J connectivity index is 2.12. The Labute approximate surface area is 124 Å². The molecule has 1 aromatic heterocycles. The zero-order valence-electron chi connectivity index (χ0n) is 11.1. The maximum absolute atomic E-state index is 11.8. The molecule has 3 atom stereocenters. The van der Waals surface area contributed by atoms with Gasteiger partial charge >= 0.3 is 13.5 Å². The Kier molecular flexibility index (Phi) is 4.76. The van der Waals surface area contributed by atoms with Crippen molar-refractivity contribution in [3.8, 4) is 0 Å². The van der Waals surface area contributed by atoms with Gasteiger partial charge < -0.3 is 20.6 Å². The minimum absolute atomic E-state index is 0.154. The van der Waals surface area contributed by atoms with E-state index in [0.29, 0.717) is 5.56 Å². The van der Waals surface area contributed by atoms with Crippen LogP contribution in [0.2, 0.25) is 0 Å². The van der Waals surface area contributed by atoms with Gasteiger partial charge in [0, 0.05) is 18.2 Å². The van der Waals surface area contributed by atoms with Gasteiger partial charge in [-0.05, 0) is 6.92 Å². The normalized spacial score (nSPS) is 26.2. The molecule has 0 aliphatic carbocycles. The zero-order chi connectivity index (χ0) is 15.8. The van der Waals surface area contributed by atoms with Crippen molar-refractivity contribution in [2.45, 2.75) is 30.1 Å². The predicted molar refractivity (Wildman–Crippen MR) is 76.7 cm³/mol. The Morgan fingerprint density at radius 3 is 2.90 bits per heavy atom. The summed E-state index contributed by atoms with van der Waals surface area (Å²) in [6.45, 7) is 1.41. The number of hydrogen-bond acceptors (Lipinski definition) is 7. The van der Waals surface area contributed by atoms with Crippen LogP contribution in [0.1, 0.15) is 17.4 Å². The summed E-state index contributed by atoms with van der Waals surface area (Å²) in [6, 6.07) is 0. The summed E-state index contributed by atoms with van der Waals surface area (Å²) in [5, 5.41) is 9.00. The Bertz CT molecular complexity index is 632. The quantitative estimate of drug-likeness (QED) is 0.539. The average Bonchev–Trinajstić information content (AvgIpc) is 2.72. The molecule has 11 heteroatoms. The largest absolute Gasteiger partial charge is 0.469 e. The van der Waals surface area contributed by atoms with E-state index in [1.807, 2.05) is 0 Å². The molecular formula is C10H16N3O6PS. The van der Waals surface area contributed by atoms with Gasteiger partial charge in [-0.25, -0.2) is 9.36 Å². The first-order valence-electron chi connectivity index (χ1n) is 6.06. The maximum Gasteiger partial charge on any atom is 0.469 e. The van der Waals surface area contributed by atoms with Gasteiger partial charge in [-0.2, -0.15) is 4.98 Å². The average molecular weight is 337 g/mol. The van der Waals surface area contributed by atoms with Gasteiger partial charge in [0.2, 0.25) is 0 Å². The van der Waals surface area contributed by atoms with Crippen LogP contribution >= 0.6 is 19.6 Å². The molecule has 1 fully saturated rings. The first kappa shape index (κ1) is 16.5. The summed E-state index contributed by atoms with van der Waals surface area (Å²) in [7, 11) is -4.58. The molecule has 0 aromatic carbocycles. The van der Waals surface area contributed by atoms with E-state index < -0.39 is 24.9 Å². The van der Waals surface area contributed by atoms with Crippen LogP contribution in [-0.2, 0) is 9.09 Å². The topological polar surface area (TPSA) is 148 Å². The van der Waals surface area contributed by atoms with Crippen LogP contribution in [0.15, 0.2) is 11.0 Å². The second-order valence-corrected chi connectivity index (χ2v) is 7.38. The lowest BCUT2D eigenvalue weighted by Gasteiger charge is -2.15. The molecule has 1 aliphatic rings. The van der Waals surface area contributed by atoms with Crippen LogP contribution in [-0.4, -0.2) is 42.4 Å². The molecule has 1 saturated heterocycles. The number of hydrogen-bond donors (Lipinski definition) is 4. The van der Waals surface area contributed by atoms with Gasteiger partial charge in [-0.15, -0.1) is 11.8 Å². The van der Waals surface area contributed by atoms with Crippen molar-refractivity contribution in [1.29, 1.82) is 0 Å². The molecule has 0 unspecified atom stereocenters. The number of aliphatic hydroxyl groups is 1. The van der Waals surface area contributed by atoms with Crippen LogP contribution in [0.3, 0.4) is 0 Å². The van der Waals surface area contributed by atoms with Crippen LogP contribution < -0.4 is 11.4 Å². The van der Waals surface area contributed by atoms with Crippen molar-refractivity contribution in [1.82, 2.24) is 9.55 Å². The van der Waals surface area contributed by atoms with Gasteiger partial charge in [0.05, 0.1) is 23.3 Å². The van der Waals surface area contributed by atoms with E-state index in [0.717, 1.165) is 0 Å². The van der Waals surface area contributed by atoms with Crippen LogP contribution in [0.25, 0.3) is 0 Å². The first-order chi connectivity index (χ1) is 9.67. The third-order valence-corrected chi connectivity index (χ3v) is 5.11. The van der Waals surface area contributed by atoms with E-state index in [1.54, 1.807) is 13.1 Å². The molecular weight excluding hydrogens is 321 g/mol. The van der Waals surface area contributed by atoms with Gasteiger partial charge in [0.25, 0.3) is 0 Å². The van der Waals surface area contributed by atoms with E-state index in [9.17, 15) is 14.5 Å². The van der Waals surface area contributed by atoms with E-state index in [4.69, 9.17) is 15.5 Å². The first-order valence-corrected chi connectivity index (χ1v) is 8.53. The summed E-state index contributed by atoms with van der Waals surface area (Å²) in [5.41, 5.74) is 5.66. The molecule has 0 bridgehead atoms. The van der Waals surface area contributed by atoms with Crippen molar-refractivity contribution in [3.05, 3.63) is 22.2 Å². The molecule has 9 nitrogen and oxygen atoms in total. The molecule has 1 aliphatic heterocycles. The standard InChI is InChI=1S/C10H16N3O6PS/c1-5-3-13(10(15)12-9(5)11)8-2-6(14)7(21-8)4-19-20(16,17)18/h3,6-8,14H,2,4H2,1H3,(H2,11,12,15)(H2,16,17,18)/t6-,7+,8+/m0/s1. The lowest BCUT2D eigenvalue weighted by molar-refractivity contribution is 0.128. The summed E-state index contributed by atoms with van der Waals surface area (Å²) < 4.78 is 16.4. The van der Waals surface area contributed by atoms with Gasteiger partial charge in [0.1, 0.15) is 5.82 Å². The Hall–Kier alpha value is -0.900. The van der Waals surface area contributed by atoms with Crippen molar-refractivity contribution < 1.29 is 24.0 Å². The predicted octanol–water partition coefficient (Wildman–Crippen LogP) is -0.392. The number of nitrogen functional groups attached to an aromatic ring is 1. The molecule has 2 heterocycles. The SMILES string of the molecule is Cc1cn([C@H]2C[C@H](O)[C@@H](COP(=O)(O)O)S2)c(=O)nc1N. The number of thioether (sulfide) groups is 1. The lowest BCUT2D eigenvalue weighted by atomic mass is 10.2. The number of phosphoric acid groups is 1. The molecule has 0 amide bonds. The fraction of sp³-hybridized carbons (Fsp3) is 0.600. The molecule has 5 N–H and O–H groups in total. The minimum atomic E-state index is -4.58. The molecule has 118 valence electrons. The third kappa shape index (κ3) is 4.06. The van der Waals surface area contributed by atoms with E-state index in [-0.39, 0.29) is 24.2 Å².